The number of nitrogens with zero attached hydrogens (tertiary/aromatic N) is 1. The summed E-state index contributed by atoms with van der Waals surface area (Å²) in [4.78, 5) is 12.7. The van der Waals surface area contributed by atoms with Gasteiger partial charge in [0.15, 0.2) is 0 Å². The van der Waals surface area contributed by atoms with E-state index in [-0.39, 0.29) is 13.0 Å². The van der Waals surface area contributed by atoms with Crippen molar-refractivity contribution in [3.05, 3.63) is 35.9 Å². The number of benzene rings is 1. The Morgan fingerprint density at radius 1 is 1.25 bits per heavy atom. The molecule has 1 aromatic rings. The van der Waals surface area contributed by atoms with E-state index in [1.807, 2.05) is 6.92 Å². The first kappa shape index (κ1) is 16.5. The topological polar surface area (TPSA) is 32.3 Å². The van der Waals surface area contributed by atoms with Crippen LogP contribution >= 0.6 is 0 Å². The third-order valence-electron chi connectivity index (χ3n) is 2.70. The van der Waals surface area contributed by atoms with Crippen LogP contribution in [0.2, 0.25) is 0 Å². The van der Waals surface area contributed by atoms with E-state index in [1.165, 1.54) is 0 Å². The second-order valence-electron chi connectivity index (χ2n) is 4.45. The van der Waals surface area contributed by atoms with Crippen molar-refractivity contribution in [2.45, 2.75) is 26.1 Å². The third kappa shape index (κ3) is 6.56. The van der Waals surface area contributed by atoms with Gasteiger partial charge in [0, 0.05) is 19.5 Å². The number of amides is 1. The lowest BCUT2D eigenvalue weighted by Crippen LogP contribution is -2.39. The van der Waals surface area contributed by atoms with E-state index in [4.69, 9.17) is 0 Å². The van der Waals surface area contributed by atoms with Crippen molar-refractivity contribution in [3.63, 3.8) is 0 Å². The Kier molecular flexibility index (Phi) is 6.51. The standard InChI is InChI=1S/C14H19F3N2O/c1-2-18-9-8-13(20)19(11-14(15,16)17)10-12-6-4-3-5-7-12/h3-7,18H,2,8-11H2,1H3. The van der Waals surface area contributed by atoms with E-state index in [9.17, 15) is 18.0 Å². The van der Waals surface area contributed by atoms with Gasteiger partial charge >= 0.3 is 6.18 Å². The molecule has 0 aromatic heterocycles. The normalized spacial score (nSPS) is 11.4. The molecule has 3 nitrogen and oxygen atoms in total. The average molecular weight is 288 g/mol. The van der Waals surface area contributed by atoms with Gasteiger partial charge in [-0.15, -0.1) is 0 Å². The molecule has 112 valence electrons. The van der Waals surface area contributed by atoms with Crippen LogP contribution in [-0.2, 0) is 11.3 Å². The van der Waals surface area contributed by atoms with E-state index in [1.54, 1.807) is 30.3 Å². The van der Waals surface area contributed by atoms with E-state index in [0.29, 0.717) is 18.7 Å². The van der Waals surface area contributed by atoms with Crippen LogP contribution in [0.15, 0.2) is 30.3 Å². The lowest BCUT2D eigenvalue weighted by atomic mass is 10.2. The summed E-state index contributed by atoms with van der Waals surface area (Å²) >= 11 is 0. The van der Waals surface area contributed by atoms with Crippen LogP contribution < -0.4 is 5.32 Å². The maximum absolute atomic E-state index is 12.5. The molecule has 0 heterocycles. The van der Waals surface area contributed by atoms with Gasteiger partial charge in [-0.2, -0.15) is 13.2 Å². The van der Waals surface area contributed by atoms with Crippen molar-refractivity contribution in [2.75, 3.05) is 19.6 Å². The molecule has 0 saturated carbocycles. The molecule has 0 aliphatic heterocycles. The fourth-order valence-corrected chi connectivity index (χ4v) is 1.78. The number of alkyl halides is 3. The minimum atomic E-state index is -4.39. The Hall–Kier alpha value is -1.56. The average Bonchev–Trinajstić information content (AvgIpc) is 2.38. The van der Waals surface area contributed by atoms with Gasteiger partial charge in [0.1, 0.15) is 6.54 Å². The zero-order chi connectivity index (χ0) is 15.0. The second-order valence-corrected chi connectivity index (χ2v) is 4.45. The van der Waals surface area contributed by atoms with Gasteiger partial charge in [-0.25, -0.2) is 0 Å². The molecule has 1 rings (SSSR count). The molecule has 0 fully saturated rings. The van der Waals surface area contributed by atoms with Crippen LogP contribution in [0.1, 0.15) is 18.9 Å². The van der Waals surface area contributed by atoms with Crippen LogP contribution in [0, 0.1) is 0 Å². The van der Waals surface area contributed by atoms with E-state index >= 15 is 0 Å². The molecule has 0 bridgehead atoms. The SMILES string of the molecule is CCNCCC(=O)N(Cc1ccccc1)CC(F)(F)F. The van der Waals surface area contributed by atoms with Crippen LogP contribution in [0.3, 0.4) is 0 Å². The Morgan fingerprint density at radius 3 is 2.45 bits per heavy atom. The summed E-state index contributed by atoms with van der Waals surface area (Å²) in [5.41, 5.74) is 0.688. The number of halogens is 3. The maximum atomic E-state index is 12.5. The van der Waals surface area contributed by atoms with Crippen molar-refractivity contribution in [1.29, 1.82) is 0 Å². The van der Waals surface area contributed by atoms with E-state index in [0.717, 1.165) is 4.90 Å². The van der Waals surface area contributed by atoms with Gasteiger partial charge in [0.05, 0.1) is 0 Å². The summed E-state index contributed by atoms with van der Waals surface area (Å²) in [5, 5.41) is 2.93. The first-order valence-electron chi connectivity index (χ1n) is 6.51. The number of hydrogen-bond donors (Lipinski definition) is 1. The smallest absolute Gasteiger partial charge is 0.329 e. The minimum Gasteiger partial charge on any atom is -0.329 e. The van der Waals surface area contributed by atoms with Crippen LogP contribution in [0.5, 0.6) is 0 Å². The first-order valence-corrected chi connectivity index (χ1v) is 6.51. The van der Waals surface area contributed by atoms with E-state index < -0.39 is 18.6 Å². The predicted molar refractivity (Wildman–Crippen MR) is 71.1 cm³/mol. The molecule has 0 atom stereocenters. The quantitative estimate of drug-likeness (QED) is 0.782. The van der Waals surface area contributed by atoms with Crippen molar-refractivity contribution in [1.82, 2.24) is 10.2 Å². The molecular weight excluding hydrogens is 269 g/mol. The van der Waals surface area contributed by atoms with Crippen LogP contribution in [0.25, 0.3) is 0 Å². The highest BCUT2D eigenvalue weighted by molar-refractivity contribution is 5.76. The fraction of sp³-hybridized carbons (Fsp3) is 0.500. The van der Waals surface area contributed by atoms with Crippen LogP contribution in [-0.4, -0.2) is 36.6 Å². The van der Waals surface area contributed by atoms with Gasteiger partial charge in [-0.05, 0) is 12.1 Å². The number of carbonyl (C=O) groups is 1. The highest BCUT2D eigenvalue weighted by Crippen LogP contribution is 2.18. The second kappa shape index (κ2) is 7.89. The van der Waals surface area contributed by atoms with E-state index in [2.05, 4.69) is 5.32 Å². The Balaban J connectivity index is 2.67. The number of nitrogens with one attached hydrogen (secondary N) is 1. The summed E-state index contributed by atoms with van der Waals surface area (Å²) in [7, 11) is 0. The molecule has 0 spiro atoms. The summed E-state index contributed by atoms with van der Waals surface area (Å²) in [6.45, 7) is 1.71. The summed E-state index contributed by atoms with van der Waals surface area (Å²) in [5.74, 6) is -0.493. The molecule has 0 saturated heterocycles. The molecule has 0 aliphatic carbocycles. The summed E-state index contributed by atoms with van der Waals surface area (Å²) in [6, 6.07) is 8.68. The summed E-state index contributed by atoms with van der Waals surface area (Å²) < 4.78 is 37.6. The van der Waals surface area contributed by atoms with Gasteiger partial charge in [-0.3, -0.25) is 4.79 Å². The van der Waals surface area contributed by atoms with Gasteiger partial charge in [0.25, 0.3) is 0 Å². The lowest BCUT2D eigenvalue weighted by Gasteiger charge is -2.24. The molecule has 20 heavy (non-hydrogen) atoms. The number of carbonyl (C=O) groups excluding carboxylic acids is 1. The largest absolute Gasteiger partial charge is 0.406 e. The predicted octanol–water partition coefficient (Wildman–Crippen LogP) is 2.58. The zero-order valence-corrected chi connectivity index (χ0v) is 11.4. The van der Waals surface area contributed by atoms with Crippen molar-refractivity contribution in [3.8, 4) is 0 Å². The Morgan fingerprint density at radius 2 is 1.90 bits per heavy atom. The van der Waals surface area contributed by atoms with Gasteiger partial charge < -0.3 is 10.2 Å². The zero-order valence-electron chi connectivity index (χ0n) is 11.4. The number of hydrogen-bond acceptors (Lipinski definition) is 2. The van der Waals surface area contributed by atoms with Crippen LogP contribution in [0.4, 0.5) is 13.2 Å². The molecule has 0 aliphatic rings. The Labute approximate surface area is 116 Å². The molecule has 1 amide bonds. The molecule has 1 N–H and O–H groups in total. The van der Waals surface area contributed by atoms with Crippen molar-refractivity contribution < 1.29 is 18.0 Å². The fourth-order valence-electron chi connectivity index (χ4n) is 1.78. The minimum absolute atomic E-state index is 0.0225. The van der Waals surface area contributed by atoms with Crippen molar-refractivity contribution >= 4 is 5.91 Å². The molecule has 0 unspecified atom stereocenters. The highest BCUT2D eigenvalue weighted by atomic mass is 19.4. The van der Waals surface area contributed by atoms with Gasteiger partial charge in [0.2, 0.25) is 5.91 Å². The maximum Gasteiger partial charge on any atom is 0.406 e. The molecule has 6 heteroatoms. The lowest BCUT2D eigenvalue weighted by molar-refractivity contribution is -0.162. The Bertz CT molecular complexity index is 407. The molecule has 1 aromatic carbocycles. The third-order valence-corrected chi connectivity index (χ3v) is 2.70. The first-order chi connectivity index (χ1) is 9.42. The van der Waals surface area contributed by atoms with Crippen molar-refractivity contribution in [2.24, 2.45) is 0 Å². The molecule has 0 radical (unpaired) electrons. The van der Waals surface area contributed by atoms with Gasteiger partial charge in [-0.1, -0.05) is 37.3 Å². The summed E-state index contributed by atoms with van der Waals surface area (Å²) in [6.07, 6.45) is -4.32. The molecular formula is C14H19F3N2O. The highest BCUT2D eigenvalue weighted by Gasteiger charge is 2.32. The monoisotopic (exact) mass is 288 g/mol. The number of rotatable bonds is 7.